The van der Waals surface area contributed by atoms with Crippen LogP contribution in [0.15, 0.2) is 36.9 Å². The second-order valence-corrected chi connectivity index (χ2v) is 5.08. The van der Waals surface area contributed by atoms with Crippen LogP contribution in [0.2, 0.25) is 0 Å². The summed E-state index contributed by atoms with van der Waals surface area (Å²) in [5, 5.41) is 18.7. The lowest BCUT2D eigenvalue weighted by Crippen LogP contribution is -2.06. The molecular weight excluding hydrogens is 308 g/mol. The van der Waals surface area contributed by atoms with Gasteiger partial charge in [-0.2, -0.15) is 0 Å². The highest BCUT2D eigenvalue weighted by molar-refractivity contribution is 5.51. The summed E-state index contributed by atoms with van der Waals surface area (Å²) in [7, 11) is 3.26. The summed E-state index contributed by atoms with van der Waals surface area (Å²) in [6.07, 6.45) is 2.53. The lowest BCUT2D eigenvalue weighted by Gasteiger charge is -2.15. The van der Waals surface area contributed by atoms with Crippen LogP contribution in [0, 0.1) is 0 Å². The molecule has 8 nitrogen and oxygen atoms in total. The smallest absolute Gasteiger partial charge is 0.200 e. The highest BCUT2D eigenvalue weighted by atomic mass is 16.5. The average molecular weight is 326 g/mol. The molecule has 0 radical (unpaired) electrons. The van der Waals surface area contributed by atoms with Crippen LogP contribution in [0.3, 0.4) is 0 Å². The van der Waals surface area contributed by atoms with Gasteiger partial charge in [0.1, 0.15) is 5.82 Å². The topological polar surface area (TPSA) is 86.5 Å². The van der Waals surface area contributed by atoms with E-state index < -0.39 is 0 Å². The number of methoxy groups -OCH3 is 2. The summed E-state index contributed by atoms with van der Waals surface area (Å²) in [6.45, 7) is 4.36. The maximum absolute atomic E-state index is 5.45. The number of tetrazole rings is 1. The molecule has 0 unspecified atom stereocenters. The van der Waals surface area contributed by atoms with Gasteiger partial charge >= 0.3 is 0 Å². The molecule has 0 atom stereocenters. The second-order valence-electron chi connectivity index (χ2n) is 5.08. The molecular formula is C16H18N6O2. The van der Waals surface area contributed by atoms with Gasteiger partial charge in [0, 0.05) is 12.1 Å². The Morgan fingerprint density at radius 1 is 1.25 bits per heavy atom. The largest absolute Gasteiger partial charge is 0.493 e. The Balaban J connectivity index is 1.83. The van der Waals surface area contributed by atoms with E-state index in [0.29, 0.717) is 30.2 Å². The van der Waals surface area contributed by atoms with Crippen molar-refractivity contribution >= 4 is 11.5 Å². The normalized spacial score (nSPS) is 10.6. The first-order valence-electron chi connectivity index (χ1n) is 7.39. The molecule has 2 aromatic heterocycles. The van der Waals surface area contributed by atoms with Gasteiger partial charge in [-0.25, -0.2) is 0 Å². The van der Waals surface area contributed by atoms with Crippen molar-refractivity contribution in [3.8, 4) is 11.5 Å². The molecule has 1 N–H and O–H groups in total. The molecule has 124 valence electrons. The molecule has 0 amide bonds. The standard InChI is InChI=1S/C16H18N6O2/c1-4-5-12-8-11(9-13(23-2)16(12)24-3)10-17-14-6-7-15-18-20-21-22(15)19-14/h4,6-9H,1,5,10H2,2-3H3,(H,17,19). The maximum atomic E-state index is 5.45. The fourth-order valence-electron chi connectivity index (χ4n) is 2.45. The van der Waals surface area contributed by atoms with Crippen LogP contribution in [0.1, 0.15) is 11.1 Å². The zero-order valence-electron chi connectivity index (χ0n) is 13.6. The Morgan fingerprint density at radius 3 is 2.88 bits per heavy atom. The maximum Gasteiger partial charge on any atom is 0.200 e. The predicted octanol–water partition coefficient (Wildman–Crippen LogP) is 1.88. The lowest BCUT2D eigenvalue weighted by atomic mass is 10.1. The molecule has 0 aliphatic carbocycles. The van der Waals surface area contributed by atoms with E-state index in [2.05, 4.69) is 38.6 Å². The zero-order chi connectivity index (χ0) is 16.9. The molecule has 0 saturated heterocycles. The van der Waals surface area contributed by atoms with Crippen molar-refractivity contribution in [3.63, 3.8) is 0 Å². The van der Waals surface area contributed by atoms with Gasteiger partial charge in [-0.05, 0) is 46.7 Å². The minimum atomic E-state index is 0.575. The van der Waals surface area contributed by atoms with Gasteiger partial charge in [0.25, 0.3) is 0 Å². The van der Waals surface area contributed by atoms with Crippen LogP contribution in [-0.4, -0.2) is 39.5 Å². The van der Waals surface area contributed by atoms with E-state index in [9.17, 15) is 0 Å². The van der Waals surface area contributed by atoms with Gasteiger partial charge < -0.3 is 14.8 Å². The molecule has 3 aromatic rings. The van der Waals surface area contributed by atoms with E-state index in [0.717, 1.165) is 16.9 Å². The summed E-state index contributed by atoms with van der Waals surface area (Å²) >= 11 is 0. The molecule has 0 saturated carbocycles. The highest BCUT2D eigenvalue weighted by Gasteiger charge is 2.12. The van der Waals surface area contributed by atoms with Crippen molar-refractivity contribution in [2.45, 2.75) is 13.0 Å². The van der Waals surface area contributed by atoms with E-state index >= 15 is 0 Å². The number of rotatable bonds is 7. The van der Waals surface area contributed by atoms with Crippen LogP contribution in [-0.2, 0) is 13.0 Å². The molecule has 0 spiro atoms. The summed E-state index contributed by atoms with van der Waals surface area (Å²) in [6, 6.07) is 7.63. The number of hydrogen-bond donors (Lipinski definition) is 1. The number of fused-ring (bicyclic) bond motifs is 1. The Kier molecular flexibility index (Phi) is 4.55. The second kappa shape index (κ2) is 6.95. The quantitative estimate of drug-likeness (QED) is 0.663. The third-order valence-electron chi connectivity index (χ3n) is 3.52. The van der Waals surface area contributed by atoms with Crippen LogP contribution in [0.5, 0.6) is 11.5 Å². The number of nitrogens with zero attached hydrogens (tertiary/aromatic N) is 5. The Hall–Kier alpha value is -3.16. The minimum absolute atomic E-state index is 0.575. The van der Waals surface area contributed by atoms with E-state index in [-0.39, 0.29) is 0 Å². The molecule has 0 aliphatic rings. The zero-order valence-corrected chi connectivity index (χ0v) is 13.6. The summed E-state index contributed by atoms with van der Waals surface area (Å²) in [5.41, 5.74) is 2.66. The molecule has 3 rings (SSSR count). The first kappa shape index (κ1) is 15.7. The molecule has 0 fully saturated rings. The molecule has 8 heteroatoms. The number of nitrogens with one attached hydrogen (secondary N) is 1. The summed E-state index contributed by atoms with van der Waals surface area (Å²) < 4.78 is 12.3. The Labute approximate surface area is 139 Å². The van der Waals surface area contributed by atoms with E-state index in [1.807, 2.05) is 18.2 Å². The van der Waals surface area contributed by atoms with Gasteiger partial charge in [0.2, 0.25) is 0 Å². The van der Waals surface area contributed by atoms with Crippen molar-refractivity contribution in [3.05, 3.63) is 48.0 Å². The number of benzene rings is 1. The van der Waals surface area contributed by atoms with Crippen molar-refractivity contribution in [2.75, 3.05) is 19.5 Å². The van der Waals surface area contributed by atoms with Gasteiger partial charge in [0.05, 0.1) is 14.2 Å². The molecule has 1 aromatic carbocycles. The number of anilines is 1. The van der Waals surface area contributed by atoms with Gasteiger partial charge in [-0.1, -0.05) is 6.08 Å². The molecule has 24 heavy (non-hydrogen) atoms. The molecule has 0 bridgehead atoms. The SMILES string of the molecule is C=CCc1cc(CNc2ccc3nnnn3n2)cc(OC)c1OC. The molecule has 2 heterocycles. The summed E-state index contributed by atoms with van der Waals surface area (Å²) in [4.78, 5) is 0. The Morgan fingerprint density at radius 2 is 2.12 bits per heavy atom. The number of hydrogen-bond acceptors (Lipinski definition) is 7. The number of ether oxygens (including phenoxy) is 2. The van der Waals surface area contributed by atoms with Crippen LogP contribution < -0.4 is 14.8 Å². The van der Waals surface area contributed by atoms with Crippen molar-refractivity contribution in [2.24, 2.45) is 0 Å². The average Bonchev–Trinajstić information content (AvgIpc) is 3.07. The van der Waals surface area contributed by atoms with E-state index in [1.54, 1.807) is 20.3 Å². The van der Waals surface area contributed by atoms with E-state index in [4.69, 9.17) is 9.47 Å². The lowest BCUT2D eigenvalue weighted by molar-refractivity contribution is 0.352. The number of allylic oxidation sites excluding steroid dienone is 1. The van der Waals surface area contributed by atoms with Crippen molar-refractivity contribution in [1.29, 1.82) is 0 Å². The first-order valence-corrected chi connectivity index (χ1v) is 7.39. The third-order valence-corrected chi connectivity index (χ3v) is 3.52. The fourth-order valence-corrected chi connectivity index (χ4v) is 2.45. The van der Waals surface area contributed by atoms with Crippen LogP contribution in [0.25, 0.3) is 5.65 Å². The minimum Gasteiger partial charge on any atom is -0.493 e. The van der Waals surface area contributed by atoms with Crippen molar-refractivity contribution in [1.82, 2.24) is 25.3 Å². The third kappa shape index (κ3) is 3.12. The number of aromatic nitrogens is 5. The van der Waals surface area contributed by atoms with E-state index in [1.165, 1.54) is 4.63 Å². The van der Waals surface area contributed by atoms with Gasteiger partial charge in [-0.15, -0.1) is 21.4 Å². The van der Waals surface area contributed by atoms with Crippen molar-refractivity contribution < 1.29 is 9.47 Å². The monoisotopic (exact) mass is 326 g/mol. The molecule has 0 aliphatic heterocycles. The predicted molar refractivity (Wildman–Crippen MR) is 89.4 cm³/mol. The highest BCUT2D eigenvalue weighted by Crippen LogP contribution is 2.33. The first-order chi connectivity index (χ1) is 11.7. The van der Waals surface area contributed by atoms with Gasteiger partial charge in [0.15, 0.2) is 17.1 Å². The van der Waals surface area contributed by atoms with Crippen LogP contribution >= 0.6 is 0 Å². The fraction of sp³-hybridized carbons (Fsp3) is 0.250. The Bertz CT molecular complexity index is 861. The van der Waals surface area contributed by atoms with Gasteiger partial charge in [-0.3, -0.25) is 0 Å². The van der Waals surface area contributed by atoms with Crippen LogP contribution in [0.4, 0.5) is 5.82 Å². The summed E-state index contributed by atoms with van der Waals surface area (Å²) in [5.74, 6) is 2.10.